The molecule has 3 heteroatoms. The van der Waals surface area contributed by atoms with Crippen LogP contribution in [0.25, 0.3) is 0 Å². The molecule has 1 fully saturated rings. The minimum atomic E-state index is 0.485. The van der Waals surface area contributed by atoms with Crippen molar-refractivity contribution in [3.05, 3.63) is 17.5 Å². The Bertz CT molecular complexity index is 406. The predicted molar refractivity (Wildman–Crippen MR) is 75.4 cm³/mol. The molecule has 0 saturated heterocycles. The molecule has 1 aromatic rings. The minimum Gasteiger partial charge on any atom is -0.310 e. The molecule has 1 saturated carbocycles. The summed E-state index contributed by atoms with van der Waals surface area (Å²) in [6, 6.07) is 0.656. The summed E-state index contributed by atoms with van der Waals surface area (Å²) in [6.07, 6.45) is 6.08. The quantitative estimate of drug-likeness (QED) is 0.892. The second kappa shape index (κ2) is 5.04. The second-order valence-corrected chi connectivity index (χ2v) is 6.90. The zero-order chi connectivity index (χ0) is 13.3. The summed E-state index contributed by atoms with van der Waals surface area (Å²) in [5.74, 6) is 0.834. The lowest BCUT2D eigenvalue weighted by Crippen LogP contribution is -2.39. The van der Waals surface area contributed by atoms with Crippen molar-refractivity contribution < 1.29 is 0 Å². The maximum Gasteiger partial charge on any atom is 0.0638 e. The number of nitrogens with one attached hydrogen (secondary N) is 1. The molecule has 0 amide bonds. The first-order valence-electron chi connectivity index (χ1n) is 7.08. The number of hydrogen-bond donors (Lipinski definition) is 1. The molecule has 1 aromatic heterocycles. The van der Waals surface area contributed by atoms with E-state index in [2.05, 4.69) is 44.3 Å². The van der Waals surface area contributed by atoms with Gasteiger partial charge in [-0.15, -0.1) is 0 Å². The summed E-state index contributed by atoms with van der Waals surface area (Å²) in [7, 11) is 1.99. The van der Waals surface area contributed by atoms with E-state index in [1.165, 1.54) is 24.8 Å². The summed E-state index contributed by atoms with van der Waals surface area (Å²) >= 11 is 0. The van der Waals surface area contributed by atoms with Gasteiger partial charge >= 0.3 is 0 Å². The molecule has 3 nitrogen and oxygen atoms in total. The van der Waals surface area contributed by atoms with Gasteiger partial charge < -0.3 is 5.32 Å². The van der Waals surface area contributed by atoms with Gasteiger partial charge in [0.1, 0.15) is 0 Å². The van der Waals surface area contributed by atoms with Crippen molar-refractivity contribution >= 4 is 0 Å². The van der Waals surface area contributed by atoms with Gasteiger partial charge in [-0.25, -0.2) is 0 Å². The molecule has 0 bridgehead atoms. The molecule has 2 rings (SSSR count). The average Bonchev–Trinajstić information content (AvgIpc) is 2.51. The van der Waals surface area contributed by atoms with E-state index in [4.69, 9.17) is 0 Å². The summed E-state index contributed by atoms with van der Waals surface area (Å²) in [5, 5.41) is 8.12. The average molecular weight is 249 g/mol. The molecule has 102 valence electrons. The van der Waals surface area contributed by atoms with Gasteiger partial charge in [0.2, 0.25) is 0 Å². The highest BCUT2D eigenvalue weighted by atomic mass is 15.2. The van der Waals surface area contributed by atoms with Crippen molar-refractivity contribution in [2.24, 2.45) is 18.4 Å². The van der Waals surface area contributed by atoms with Crippen molar-refractivity contribution in [3.8, 4) is 0 Å². The number of nitrogens with zero attached hydrogens (tertiary/aromatic N) is 2. The summed E-state index contributed by atoms with van der Waals surface area (Å²) < 4.78 is 1.90. The smallest absolute Gasteiger partial charge is 0.0638 e. The van der Waals surface area contributed by atoms with Gasteiger partial charge in [-0.3, -0.25) is 4.68 Å². The van der Waals surface area contributed by atoms with Crippen molar-refractivity contribution in [1.82, 2.24) is 15.1 Å². The van der Waals surface area contributed by atoms with E-state index >= 15 is 0 Å². The van der Waals surface area contributed by atoms with Crippen LogP contribution >= 0.6 is 0 Å². The van der Waals surface area contributed by atoms with E-state index in [-0.39, 0.29) is 0 Å². The van der Waals surface area contributed by atoms with Crippen LogP contribution in [0.3, 0.4) is 0 Å². The molecule has 1 N–H and O–H groups in total. The first-order valence-corrected chi connectivity index (χ1v) is 7.08. The van der Waals surface area contributed by atoms with E-state index < -0.39 is 0 Å². The SMILES string of the molecule is Cc1nn(C)cc1CNC1CC(C)CC(C)(C)C1. The highest BCUT2D eigenvalue weighted by molar-refractivity contribution is 5.15. The van der Waals surface area contributed by atoms with Crippen LogP contribution in [0.5, 0.6) is 0 Å². The Hall–Kier alpha value is -0.830. The van der Waals surface area contributed by atoms with Gasteiger partial charge in [0, 0.05) is 31.4 Å². The Morgan fingerprint density at radius 2 is 2.17 bits per heavy atom. The van der Waals surface area contributed by atoms with Gasteiger partial charge in [0.25, 0.3) is 0 Å². The van der Waals surface area contributed by atoms with Gasteiger partial charge in [-0.2, -0.15) is 5.10 Å². The largest absolute Gasteiger partial charge is 0.310 e. The fraction of sp³-hybridized carbons (Fsp3) is 0.800. The minimum absolute atomic E-state index is 0.485. The molecule has 0 aromatic carbocycles. The highest BCUT2D eigenvalue weighted by Gasteiger charge is 2.31. The van der Waals surface area contributed by atoms with Crippen LogP contribution in [0.2, 0.25) is 0 Å². The van der Waals surface area contributed by atoms with E-state index in [1.807, 2.05) is 11.7 Å². The summed E-state index contributed by atoms with van der Waals surface area (Å²) in [5.41, 5.74) is 2.96. The van der Waals surface area contributed by atoms with Crippen LogP contribution in [-0.2, 0) is 13.6 Å². The Morgan fingerprint density at radius 1 is 1.44 bits per heavy atom. The number of rotatable bonds is 3. The first-order chi connectivity index (χ1) is 8.35. The molecular formula is C15H27N3. The van der Waals surface area contributed by atoms with Crippen molar-refractivity contribution in [1.29, 1.82) is 0 Å². The van der Waals surface area contributed by atoms with Crippen molar-refractivity contribution in [3.63, 3.8) is 0 Å². The Balaban J connectivity index is 1.92. The molecule has 2 unspecified atom stereocenters. The van der Waals surface area contributed by atoms with E-state index in [0.29, 0.717) is 11.5 Å². The lowest BCUT2D eigenvalue weighted by Gasteiger charge is -2.39. The lowest BCUT2D eigenvalue weighted by atomic mass is 9.70. The van der Waals surface area contributed by atoms with Crippen molar-refractivity contribution in [2.75, 3.05) is 0 Å². The standard InChI is InChI=1S/C15H27N3/c1-11-6-14(8-15(3,4)7-11)16-9-13-10-18(5)17-12(13)2/h10-11,14,16H,6-9H2,1-5H3. The zero-order valence-electron chi connectivity index (χ0n) is 12.5. The van der Waals surface area contributed by atoms with E-state index in [9.17, 15) is 0 Å². The number of aromatic nitrogens is 2. The van der Waals surface area contributed by atoms with Crippen LogP contribution in [0, 0.1) is 18.3 Å². The third-order valence-corrected chi connectivity index (χ3v) is 4.08. The molecule has 0 aliphatic heterocycles. The molecule has 1 heterocycles. The highest BCUT2D eigenvalue weighted by Crippen LogP contribution is 2.38. The molecule has 0 spiro atoms. The monoisotopic (exact) mass is 249 g/mol. The fourth-order valence-corrected chi connectivity index (χ4v) is 3.58. The third kappa shape index (κ3) is 3.35. The van der Waals surface area contributed by atoms with Crippen LogP contribution < -0.4 is 5.32 Å². The normalized spacial score (nSPS) is 27.4. The Labute approximate surface area is 111 Å². The van der Waals surface area contributed by atoms with Crippen LogP contribution in [0.4, 0.5) is 0 Å². The predicted octanol–water partition coefficient (Wildman–Crippen LogP) is 3.03. The van der Waals surface area contributed by atoms with Gasteiger partial charge in [0.05, 0.1) is 5.69 Å². The zero-order valence-corrected chi connectivity index (χ0v) is 12.5. The molecule has 18 heavy (non-hydrogen) atoms. The van der Waals surface area contributed by atoms with Crippen LogP contribution in [-0.4, -0.2) is 15.8 Å². The molecule has 1 aliphatic rings. The number of aryl methyl sites for hydroxylation is 2. The maximum atomic E-state index is 4.40. The second-order valence-electron chi connectivity index (χ2n) is 6.90. The van der Waals surface area contributed by atoms with Gasteiger partial charge in [0.15, 0.2) is 0 Å². The van der Waals surface area contributed by atoms with Crippen molar-refractivity contribution in [2.45, 2.75) is 59.5 Å². The summed E-state index contributed by atoms with van der Waals surface area (Å²) in [4.78, 5) is 0. The van der Waals surface area contributed by atoms with E-state index in [1.54, 1.807) is 0 Å². The fourth-order valence-electron chi connectivity index (χ4n) is 3.58. The molecular weight excluding hydrogens is 222 g/mol. The first kappa shape index (κ1) is 13.6. The van der Waals surface area contributed by atoms with Crippen LogP contribution in [0.15, 0.2) is 6.20 Å². The maximum absolute atomic E-state index is 4.40. The molecule has 1 aliphatic carbocycles. The van der Waals surface area contributed by atoms with Gasteiger partial charge in [-0.05, 0) is 37.5 Å². The summed E-state index contributed by atoms with van der Waals surface area (Å²) in [6.45, 7) is 10.2. The topological polar surface area (TPSA) is 29.9 Å². The third-order valence-electron chi connectivity index (χ3n) is 4.08. The lowest BCUT2D eigenvalue weighted by molar-refractivity contribution is 0.151. The van der Waals surface area contributed by atoms with Crippen LogP contribution in [0.1, 0.15) is 51.3 Å². The Morgan fingerprint density at radius 3 is 2.72 bits per heavy atom. The molecule has 2 atom stereocenters. The van der Waals surface area contributed by atoms with Gasteiger partial charge in [-0.1, -0.05) is 20.8 Å². The molecule has 0 radical (unpaired) electrons. The van der Waals surface area contributed by atoms with E-state index in [0.717, 1.165) is 18.2 Å². The number of hydrogen-bond acceptors (Lipinski definition) is 2. The Kier molecular flexibility index (Phi) is 3.81.